The number of ether oxygens (including phenoxy) is 1. The monoisotopic (exact) mass is 329 g/mol. The molecule has 0 bridgehead atoms. The summed E-state index contributed by atoms with van der Waals surface area (Å²) in [6, 6.07) is 16.9. The van der Waals surface area contributed by atoms with Gasteiger partial charge in [0.05, 0.1) is 23.7 Å². The van der Waals surface area contributed by atoms with Crippen LogP contribution in [0, 0.1) is 0 Å². The zero-order valence-corrected chi connectivity index (χ0v) is 13.5. The van der Waals surface area contributed by atoms with Gasteiger partial charge in [-0.3, -0.25) is 4.98 Å². The molecular formula is C20H15N3O2. The average molecular weight is 329 g/mol. The number of pyridine rings is 1. The highest BCUT2D eigenvalue weighted by atomic mass is 16.5. The van der Waals surface area contributed by atoms with Gasteiger partial charge >= 0.3 is 0 Å². The van der Waals surface area contributed by atoms with Gasteiger partial charge in [0.15, 0.2) is 0 Å². The van der Waals surface area contributed by atoms with Crippen LogP contribution in [-0.2, 0) is 0 Å². The number of phenols is 1. The Bertz CT molecular complexity index is 1060. The maximum atomic E-state index is 9.78. The van der Waals surface area contributed by atoms with E-state index in [1.165, 1.54) is 6.33 Å². The maximum absolute atomic E-state index is 9.78. The van der Waals surface area contributed by atoms with Gasteiger partial charge < -0.3 is 9.84 Å². The molecule has 0 aliphatic heterocycles. The molecule has 5 heteroatoms. The predicted octanol–water partition coefficient (Wildman–Crippen LogP) is 4.07. The molecule has 0 aliphatic rings. The van der Waals surface area contributed by atoms with E-state index in [1.54, 1.807) is 31.5 Å². The Kier molecular flexibility index (Phi) is 3.74. The number of nitrogens with zero attached hydrogens (tertiary/aromatic N) is 3. The largest absolute Gasteiger partial charge is 0.508 e. The van der Waals surface area contributed by atoms with E-state index in [2.05, 4.69) is 15.0 Å². The van der Waals surface area contributed by atoms with Gasteiger partial charge in [0.2, 0.25) is 5.88 Å². The van der Waals surface area contributed by atoms with Gasteiger partial charge in [-0.2, -0.15) is 0 Å². The van der Waals surface area contributed by atoms with Crippen molar-refractivity contribution in [2.45, 2.75) is 0 Å². The SMILES string of the molecule is COc1ncnc2ccc(-c3cccnc3-c3cccc(O)c3)cc12. The molecule has 4 rings (SSSR count). The molecule has 0 aliphatic carbocycles. The lowest BCUT2D eigenvalue weighted by Gasteiger charge is -2.11. The molecule has 0 atom stereocenters. The Morgan fingerprint density at radius 3 is 2.64 bits per heavy atom. The normalized spacial score (nSPS) is 10.8. The van der Waals surface area contributed by atoms with Crippen LogP contribution >= 0.6 is 0 Å². The Morgan fingerprint density at radius 2 is 1.80 bits per heavy atom. The van der Waals surface area contributed by atoms with Gasteiger partial charge in [-0.15, -0.1) is 0 Å². The van der Waals surface area contributed by atoms with Crippen LogP contribution in [-0.4, -0.2) is 27.2 Å². The second-order valence-corrected chi connectivity index (χ2v) is 5.56. The number of rotatable bonds is 3. The molecule has 0 saturated heterocycles. The summed E-state index contributed by atoms with van der Waals surface area (Å²) >= 11 is 0. The molecule has 0 fully saturated rings. The number of hydrogen-bond acceptors (Lipinski definition) is 5. The lowest BCUT2D eigenvalue weighted by molar-refractivity contribution is 0.402. The summed E-state index contributed by atoms with van der Waals surface area (Å²) in [5.74, 6) is 0.748. The van der Waals surface area contributed by atoms with Crippen LogP contribution in [0.4, 0.5) is 0 Å². The van der Waals surface area contributed by atoms with Crippen molar-refractivity contribution in [1.82, 2.24) is 15.0 Å². The Hall–Kier alpha value is -3.47. The molecule has 1 N–H and O–H groups in total. The van der Waals surface area contributed by atoms with Crippen molar-refractivity contribution in [3.63, 3.8) is 0 Å². The van der Waals surface area contributed by atoms with Gasteiger partial charge in [0.1, 0.15) is 12.1 Å². The molecule has 2 heterocycles. The summed E-state index contributed by atoms with van der Waals surface area (Å²) in [6.07, 6.45) is 3.23. The molecule has 2 aromatic carbocycles. The average Bonchev–Trinajstić information content (AvgIpc) is 2.67. The number of fused-ring (bicyclic) bond motifs is 1. The quantitative estimate of drug-likeness (QED) is 0.613. The van der Waals surface area contributed by atoms with Crippen LogP contribution in [0.25, 0.3) is 33.3 Å². The third-order valence-electron chi connectivity index (χ3n) is 4.03. The van der Waals surface area contributed by atoms with Gasteiger partial charge in [-0.05, 0) is 35.9 Å². The summed E-state index contributed by atoms with van der Waals surface area (Å²) in [4.78, 5) is 13.0. The molecule has 4 aromatic rings. The summed E-state index contributed by atoms with van der Waals surface area (Å²) in [5.41, 5.74) is 4.41. The molecule has 0 unspecified atom stereocenters. The van der Waals surface area contributed by atoms with E-state index >= 15 is 0 Å². The van der Waals surface area contributed by atoms with Crippen molar-refractivity contribution in [2.75, 3.05) is 7.11 Å². The zero-order chi connectivity index (χ0) is 17.2. The first-order valence-electron chi connectivity index (χ1n) is 7.80. The smallest absolute Gasteiger partial charge is 0.224 e. The van der Waals surface area contributed by atoms with Crippen molar-refractivity contribution in [2.24, 2.45) is 0 Å². The van der Waals surface area contributed by atoms with Crippen molar-refractivity contribution < 1.29 is 9.84 Å². The predicted molar refractivity (Wildman–Crippen MR) is 96.4 cm³/mol. The van der Waals surface area contributed by atoms with Crippen LogP contribution in [0.2, 0.25) is 0 Å². The number of methoxy groups -OCH3 is 1. The van der Waals surface area contributed by atoms with Crippen LogP contribution in [0.3, 0.4) is 0 Å². The van der Waals surface area contributed by atoms with Crippen LogP contribution in [0.15, 0.2) is 67.1 Å². The van der Waals surface area contributed by atoms with E-state index in [-0.39, 0.29) is 5.75 Å². The Morgan fingerprint density at radius 1 is 0.880 bits per heavy atom. The fourth-order valence-corrected chi connectivity index (χ4v) is 2.88. The fourth-order valence-electron chi connectivity index (χ4n) is 2.88. The summed E-state index contributed by atoms with van der Waals surface area (Å²) in [5, 5.41) is 10.6. The zero-order valence-electron chi connectivity index (χ0n) is 13.5. The molecule has 0 radical (unpaired) electrons. The topological polar surface area (TPSA) is 68.1 Å². The maximum Gasteiger partial charge on any atom is 0.224 e. The molecule has 25 heavy (non-hydrogen) atoms. The number of aromatic hydroxyl groups is 1. The van der Waals surface area contributed by atoms with Crippen LogP contribution in [0.1, 0.15) is 0 Å². The molecule has 0 spiro atoms. The fraction of sp³-hybridized carbons (Fsp3) is 0.0500. The van der Waals surface area contributed by atoms with Gasteiger partial charge in [0, 0.05) is 17.3 Å². The highest BCUT2D eigenvalue weighted by Gasteiger charge is 2.11. The molecular weight excluding hydrogens is 314 g/mol. The second kappa shape index (κ2) is 6.20. The minimum atomic E-state index is 0.211. The lowest BCUT2D eigenvalue weighted by atomic mass is 9.98. The van der Waals surface area contributed by atoms with Crippen LogP contribution in [0.5, 0.6) is 11.6 Å². The summed E-state index contributed by atoms with van der Waals surface area (Å²) in [6.45, 7) is 0. The van der Waals surface area contributed by atoms with E-state index in [0.717, 1.165) is 33.3 Å². The number of aromatic nitrogens is 3. The minimum absolute atomic E-state index is 0.211. The Labute approximate surface area is 144 Å². The van der Waals surface area contributed by atoms with E-state index < -0.39 is 0 Å². The van der Waals surface area contributed by atoms with Gasteiger partial charge in [-0.25, -0.2) is 9.97 Å². The van der Waals surface area contributed by atoms with E-state index in [9.17, 15) is 5.11 Å². The van der Waals surface area contributed by atoms with Gasteiger partial charge in [0.25, 0.3) is 0 Å². The Balaban J connectivity index is 1.92. The highest BCUT2D eigenvalue weighted by Crippen LogP contribution is 2.34. The van der Waals surface area contributed by atoms with E-state index in [0.29, 0.717) is 5.88 Å². The standard InChI is InChI=1S/C20H15N3O2/c1-25-20-17-11-13(7-8-18(17)22-12-23-20)16-6-3-9-21-19(16)14-4-2-5-15(24)10-14/h2-12,24H,1H3. The van der Waals surface area contributed by atoms with Crippen molar-refractivity contribution >= 4 is 10.9 Å². The summed E-state index contributed by atoms with van der Waals surface area (Å²) < 4.78 is 5.35. The second-order valence-electron chi connectivity index (χ2n) is 5.56. The number of benzene rings is 2. The first kappa shape index (κ1) is 15.1. The molecule has 0 saturated carbocycles. The third kappa shape index (κ3) is 2.76. The highest BCUT2D eigenvalue weighted by molar-refractivity contribution is 5.91. The number of phenolic OH excluding ortho intramolecular Hbond substituents is 1. The molecule has 2 aromatic heterocycles. The first-order valence-corrected chi connectivity index (χ1v) is 7.80. The van der Waals surface area contributed by atoms with Crippen molar-refractivity contribution in [1.29, 1.82) is 0 Å². The number of hydrogen-bond donors (Lipinski definition) is 1. The lowest BCUT2D eigenvalue weighted by Crippen LogP contribution is -1.93. The first-order chi connectivity index (χ1) is 12.3. The molecule has 0 amide bonds. The van der Waals surface area contributed by atoms with E-state index in [1.807, 2.05) is 36.4 Å². The van der Waals surface area contributed by atoms with Crippen molar-refractivity contribution in [3.05, 3.63) is 67.1 Å². The third-order valence-corrected chi connectivity index (χ3v) is 4.03. The van der Waals surface area contributed by atoms with Gasteiger partial charge in [-0.1, -0.05) is 24.3 Å². The molecule has 122 valence electrons. The summed E-state index contributed by atoms with van der Waals surface area (Å²) in [7, 11) is 1.59. The minimum Gasteiger partial charge on any atom is -0.508 e. The van der Waals surface area contributed by atoms with E-state index in [4.69, 9.17) is 4.74 Å². The van der Waals surface area contributed by atoms with Crippen molar-refractivity contribution in [3.8, 4) is 34.0 Å². The molecule has 5 nitrogen and oxygen atoms in total. The van der Waals surface area contributed by atoms with Crippen LogP contribution < -0.4 is 4.74 Å².